The van der Waals surface area contributed by atoms with E-state index in [2.05, 4.69) is 31.0 Å². The molecule has 0 aliphatic carbocycles. The lowest BCUT2D eigenvalue weighted by atomic mass is 9.84. The maximum Gasteiger partial charge on any atom is 0.252 e. The Kier molecular flexibility index (Phi) is 5.11. The van der Waals surface area contributed by atoms with Crippen molar-refractivity contribution >= 4 is 56.4 Å². The Balaban J connectivity index is 1.65. The van der Waals surface area contributed by atoms with Gasteiger partial charge in [-0.15, -0.1) is 5.10 Å². The number of hydrogen-bond acceptors (Lipinski definition) is 5. The number of alkyl halides is 3. The summed E-state index contributed by atoms with van der Waals surface area (Å²) in [5.74, 6) is 0.771. The highest BCUT2D eigenvalue weighted by Gasteiger charge is 2.39. The van der Waals surface area contributed by atoms with E-state index in [1.807, 2.05) is 61.5 Å². The Morgan fingerprint density at radius 3 is 2.41 bits per heavy atom. The van der Waals surface area contributed by atoms with Gasteiger partial charge in [-0.2, -0.15) is 5.10 Å². The topological polar surface area (TPSA) is 70.1 Å². The van der Waals surface area contributed by atoms with E-state index in [9.17, 15) is 0 Å². The van der Waals surface area contributed by atoms with Gasteiger partial charge in [0, 0.05) is 4.47 Å². The number of para-hydroxylation sites is 1. The van der Waals surface area contributed by atoms with Crippen LogP contribution in [0.1, 0.15) is 34.1 Å². The fourth-order valence-corrected chi connectivity index (χ4v) is 4.74. The number of halogens is 4. The standard InChI is InChI=1S/C23H14BrCl3N6O/c1-12-16-17(13-7-9-14(24)10-8-13)18-19-29-22(23(25,26)27)31-32(19)11-28-20(18)34-21(16)33(30-12)15-5-3-2-4-6-15/h2-11,17H,1H3. The van der Waals surface area contributed by atoms with Gasteiger partial charge in [-0.25, -0.2) is 19.2 Å². The van der Waals surface area contributed by atoms with Crippen LogP contribution in [0.15, 0.2) is 65.4 Å². The first kappa shape index (κ1) is 21.9. The average molecular weight is 577 g/mol. The smallest absolute Gasteiger partial charge is 0.252 e. The summed E-state index contributed by atoms with van der Waals surface area (Å²) in [7, 11) is 0. The number of nitrogens with zero attached hydrogens (tertiary/aromatic N) is 6. The molecular formula is C23H14BrCl3N6O. The minimum absolute atomic E-state index is 0.0600. The first-order valence-corrected chi connectivity index (χ1v) is 12.1. The molecule has 6 rings (SSSR count). The molecule has 7 nitrogen and oxygen atoms in total. The Morgan fingerprint density at radius 1 is 0.971 bits per heavy atom. The quantitative estimate of drug-likeness (QED) is 0.220. The molecular weight excluding hydrogens is 563 g/mol. The highest BCUT2D eigenvalue weighted by molar-refractivity contribution is 9.10. The van der Waals surface area contributed by atoms with E-state index < -0.39 is 3.79 Å². The van der Waals surface area contributed by atoms with E-state index >= 15 is 0 Å². The van der Waals surface area contributed by atoms with Crippen molar-refractivity contribution < 1.29 is 4.74 Å². The van der Waals surface area contributed by atoms with Crippen LogP contribution in [-0.4, -0.2) is 29.4 Å². The lowest BCUT2D eigenvalue weighted by Gasteiger charge is -2.26. The number of fused-ring (bicyclic) bond motifs is 4. The van der Waals surface area contributed by atoms with Crippen molar-refractivity contribution in [3.8, 4) is 17.4 Å². The summed E-state index contributed by atoms with van der Waals surface area (Å²) < 4.78 is 8.86. The predicted molar refractivity (Wildman–Crippen MR) is 133 cm³/mol. The molecule has 1 atom stereocenters. The normalized spacial score (nSPS) is 15.1. The monoisotopic (exact) mass is 574 g/mol. The number of aryl methyl sites for hydroxylation is 1. The third kappa shape index (κ3) is 3.48. The molecule has 0 fully saturated rings. The van der Waals surface area contributed by atoms with Gasteiger partial charge in [-0.05, 0) is 36.8 Å². The number of rotatable bonds is 2. The summed E-state index contributed by atoms with van der Waals surface area (Å²) in [6.07, 6.45) is 1.50. The Hall–Kier alpha value is -2.65. The van der Waals surface area contributed by atoms with Crippen LogP contribution in [-0.2, 0) is 3.79 Å². The molecule has 5 aromatic rings. The number of aromatic nitrogens is 6. The van der Waals surface area contributed by atoms with Crippen LogP contribution >= 0.6 is 50.7 Å². The number of benzene rings is 2. The molecule has 4 heterocycles. The summed E-state index contributed by atoms with van der Waals surface area (Å²) in [5.41, 5.74) is 4.84. The SMILES string of the molecule is Cc1nn(-c2ccccc2)c2c1C(c1ccc(Br)cc1)c1c(ncn3nc(C(Cl)(Cl)Cl)nc13)O2. The van der Waals surface area contributed by atoms with E-state index in [1.165, 1.54) is 10.8 Å². The molecule has 0 saturated carbocycles. The predicted octanol–water partition coefficient (Wildman–Crippen LogP) is 6.49. The van der Waals surface area contributed by atoms with E-state index in [0.717, 1.165) is 32.5 Å². The summed E-state index contributed by atoms with van der Waals surface area (Å²) in [6, 6.07) is 17.9. The van der Waals surface area contributed by atoms with Gasteiger partial charge in [0.1, 0.15) is 6.33 Å². The zero-order valence-electron chi connectivity index (χ0n) is 17.5. The van der Waals surface area contributed by atoms with Crippen LogP contribution in [0.4, 0.5) is 0 Å². The maximum absolute atomic E-state index is 6.36. The molecule has 3 aromatic heterocycles. The van der Waals surface area contributed by atoms with E-state index in [0.29, 0.717) is 17.4 Å². The molecule has 0 amide bonds. The maximum atomic E-state index is 6.36. The molecule has 0 saturated heterocycles. The summed E-state index contributed by atoms with van der Waals surface area (Å²) in [6.45, 7) is 1.96. The van der Waals surface area contributed by atoms with E-state index in [-0.39, 0.29) is 11.7 Å². The first-order valence-electron chi connectivity index (χ1n) is 10.2. The second-order valence-corrected chi connectivity index (χ2v) is 11.0. The minimum atomic E-state index is -1.78. The first-order chi connectivity index (χ1) is 16.3. The molecule has 170 valence electrons. The highest BCUT2D eigenvalue weighted by Crippen LogP contribution is 2.50. The van der Waals surface area contributed by atoms with Crippen LogP contribution in [0.25, 0.3) is 11.3 Å². The van der Waals surface area contributed by atoms with Gasteiger partial charge in [0.2, 0.25) is 17.6 Å². The second kappa shape index (κ2) is 7.95. The van der Waals surface area contributed by atoms with Gasteiger partial charge in [0.15, 0.2) is 5.65 Å². The van der Waals surface area contributed by atoms with Crippen molar-refractivity contribution in [3.05, 3.63) is 93.6 Å². The van der Waals surface area contributed by atoms with Gasteiger partial charge in [0.05, 0.1) is 28.4 Å². The van der Waals surface area contributed by atoms with Crippen molar-refractivity contribution in [1.29, 1.82) is 0 Å². The van der Waals surface area contributed by atoms with Gasteiger partial charge in [-0.1, -0.05) is 81.1 Å². The molecule has 2 aromatic carbocycles. The van der Waals surface area contributed by atoms with Crippen molar-refractivity contribution in [3.63, 3.8) is 0 Å². The summed E-state index contributed by atoms with van der Waals surface area (Å²) in [4.78, 5) is 9.10. The minimum Gasteiger partial charge on any atom is -0.420 e. The Labute approximate surface area is 217 Å². The molecule has 1 aliphatic heterocycles. The van der Waals surface area contributed by atoms with Crippen LogP contribution in [0.2, 0.25) is 0 Å². The second-order valence-electron chi connectivity index (χ2n) is 7.80. The van der Waals surface area contributed by atoms with Crippen molar-refractivity contribution in [1.82, 2.24) is 29.4 Å². The van der Waals surface area contributed by atoms with Crippen LogP contribution in [0.3, 0.4) is 0 Å². The summed E-state index contributed by atoms with van der Waals surface area (Å²) in [5, 5.41) is 9.14. The Morgan fingerprint density at radius 2 is 1.71 bits per heavy atom. The molecule has 1 unspecified atom stereocenters. The molecule has 0 radical (unpaired) electrons. The largest absolute Gasteiger partial charge is 0.420 e. The van der Waals surface area contributed by atoms with Crippen molar-refractivity contribution in [2.24, 2.45) is 0 Å². The molecule has 0 N–H and O–H groups in total. The average Bonchev–Trinajstić information content (AvgIpc) is 3.41. The number of ether oxygens (including phenoxy) is 1. The van der Waals surface area contributed by atoms with Gasteiger partial charge >= 0.3 is 0 Å². The zero-order valence-corrected chi connectivity index (χ0v) is 21.3. The fourth-order valence-electron chi connectivity index (χ4n) is 4.23. The Bertz CT molecular complexity index is 1540. The van der Waals surface area contributed by atoms with Crippen molar-refractivity contribution in [2.45, 2.75) is 16.6 Å². The zero-order chi connectivity index (χ0) is 23.6. The highest BCUT2D eigenvalue weighted by atomic mass is 79.9. The van der Waals surface area contributed by atoms with Gasteiger partial charge < -0.3 is 4.74 Å². The molecule has 11 heteroatoms. The fraction of sp³-hybridized carbons (Fsp3) is 0.130. The molecule has 0 spiro atoms. The van der Waals surface area contributed by atoms with Crippen LogP contribution < -0.4 is 4.74 Å². The number of hydrogen-bond donors (Lipinski definition) is 0. The lowest BCUT2D eigenvalue weighted by molar-refractivity contribution is 0.402. The molecule has 34 heavy (non-hydrogen) atoms. The lowest BCUT2D eigenvalue weighted by Crippen LogP contribution is -2.16. The molecule has 0 bridgehead atoms. The third-order valence-corrected chi connectivity index (χ3v) is 6.71. The van der Waals surface area contributed by atoms with Crippen LogP contribution in [0.5, 0.6) is 11.8 Å². The third-order valence-electron chi connectivity index (χ3n) is 5.68. The summed E-state index contributed by atoms with van der Waals surface area (Å²) >= 11 is 21.8. The van der Waals surface area contributed by atoms with Crippen molar-refractivity contribution in [2.75, 3.05) is 0 Å². The van der Waals surface area contributed by atoms with Gasteiger partial charge in [-0.3, -0.25) is 0 Å². The van der Waals surface area contributed by atoms with E-state index in [4.69, 9.17) is 44.6 Å². The van der Waals surface area contributed by atoms with Gasteiger partial charge in [0.25, 0.3) is 3.79 Å². The molecule has 1 aliphatic rings. The van der Waals surface area contributed by atoms with E-state index in [1.54, 1.807) is 4.68 Å². The van der Waals surface area contributed by atoms with Crippen LogP contribution in [0, 0.1) is 6.92 Å².